The van der Waals surface area contributed by atoms with E-state index in [9.17, 15) is 14.9 Å². The number of anilines is 1. The first-order valence-corrected chi connectivity index (χ1v) is 6.17. The zero-order valence-corrected chi connectivity index (χ0v) is 11.4. The molecule has 1 rings (SSSR count). The minimum absolute atomic E-state index is 0.0175. The van der Waals surface area contributed by atoms with Gasteiger partial charge in [0.05, 0.1) is 4.92 Å². The van der Waals surface area contributed by atoms with Gasteiger partial charge in [0, 0.05) is 13.7 Å². The Kier molecular flexibility index (Phi) is 6.10. The summed E-state index contributed by atoms with van der Waals surface area (Å²) in [7, 11) is 1.50. The summed E-state index contributed by atoms with van der Waals surface area (Å²) in [5, 5.41) is 31.7. The maximum absolute atomic E-state index is 11.2. The number of nitro benzene ring substituents is 1. The largest absolute Gasteiger partial charge is 0.480 e. The van der Waals surface area contributed by atoms with Crippen molar-refractivity contribution in [2.75, 3.05) is 19.0 Å². The highest BCUT2D eigenvalue weighted by molar-refractivity contribution is 5.80. The maximum atomic E-state index is 11.2. The third-order valence-corrected chi connectivity index (χ3v) is 2.81. The zero-order valence-electron chi connectivity index (χ0n) is 11.4. The van der Waals surface area contributed by atoms with Gasteiger partial charge in [0.1, 0.15) is 23.4 Å². The molecule has 112 valence electrons. The fourth-order valence-corrected chi connectivity index (χ4v) is 1.82. The summed E-state index contributed by atoms with van der Waals surface area (Å²) in [6.45, 7) is 0.395. The quantitative estimate of drug-likeness (QED) is 0.425. The van der Waals surface area contributed by atoms with Crippen molar-refractivity contribution in [2.45, 2.75) is 18.9 Å². The number of para-hydroxylation sites is 1. The molecule has 1 unspecified atom stereocenters. The van der Waals surface area contributed by atoms with Crippen LogP contribution < -0.4 is 5.32 Å². The number of carboxylic acid groups (broad SMARTS) is 1. The summed E-state index contributed by atoms with van der Waals surface area (Å²) in [5.74, 6) is -1.12. The first kappa shape index (κ1) is 16.4. The van der Waals surface area contributed by atoms with Crippen LogP contribution >= 0.6 is 0 Å². The monoisotopic (exact) mass is 293 g/mol. The third-order valence-electron chi connectivity index (χ3n) is 2.81. The van der Waals surface area contributed by atoms with Crippen molar-refractivity contribution in [1.29, 1.82) is 5.26 Å². The van der Waals surface area contributed by atoms with Gasteiger partial charge in [0.25, 0.3) is 0 Å². The van der Waals surface area contributed by atoms with Crippen LogP contribution in [0.1, 0.15) is 18.4 Å². The topological polar surface area (TPSA) is 125 Å². The van der Waals surface area contributed by atoms with Crippen LogP contribution in [0.5, 0.6) is 0 Å². The molecule has 1 aromatic rings. The minimum atomic E-state index is -1.12. The number of carbonyl (C=O) groups is 1. The lowest BCUT2D eigenvalue weighted by atomic mass is 10.1. The number of rotatable bonds is 8. The molecule has 0 spiro atoms. The van der Waals surface area contributed by atoms with Crippen molar-refractivity contribution in [2.24, 2.45) is 0 Å². The number of nitro groups is 1. The molecule has 0 heterocycles. The smallest absolute Gasteiger partial charge is 0.326 e. The Labute approximate surface area is 121 Å². The average Bonchev–Trinajstić information content (AvgIpc) is 2.45. The molecule has 8 nitrogen and oxygen atoms in total. The van der Waals surface area contributed by atoms with Crippen molar-refractivity contribution in [1.82, 2.24) is 0 Å². The first-order chi connectivity index (χ1) is 10.0. The lowest BCUT2D eigenvalue weighted by molar-refractivity contribution is -0.384. The second-order valence-corrected chi connectivity index (χ2v) is 4.24. The van der Waals surface area contributed by atoms with Crippen LogP contribution in [0.3, 0.4) is 0 Å². The predicted octanol–water partition coefficient (Wildman–Crippen LogP) is 1.76. The molecule has 0 fully saturated rings. The number of nitrogens with one attached hydrogen (secondary N) is 1. The molecule has 0 amide bonds. The van der Waals surface area contributed by atoms with Crippen LogP contribution in [-0.4, -0.2) is 35.8 Å². The van der Waals surface area contributed by atoms with E-state index < -0.39 is 22.6 Å². The van der Waals surface area contributed by atoms with E-state index in [0.29, 0.717) is 13.0 Å². The van der Waals surface area contributed by atoms with Gasteiger partial charge in [-0.1, -0.05) is 6.07 Å². The number of aliphatic carboxylic acids is 1. The molecule has 0 aliphatic heterocycles. The molecule has 0 aliphatic rings. The standard InChI is InChI=1S/C13H15N3O5/c1-21-7-3-6-11(13(17)18)15-10-5-2-4-9(8-14)12(10)16(19)20/h2,4-5,11,15H,3,6-7H2,1H3,(H,17,18). The Balaban J connectivity index is 3.01. The van der Waals surface area contributed by atoms with E-state index in [1.807, 2.05) is 0 Å². The Bertz CT molecular complexity index is 567. The Morgan fingerprint density at radius 2 is 2.33 bits per heavy atom. The van der Waals surface area contributed by atoms with Gasteiger partial charge in [-0.05, 0) is 25.0 Å². The molecular formula is C13H15N3O5. The summed E-state index contributed by atoms with van der Waals surface area (Å²) in [4.78, 5) is 21.6. The number of hydrogen-bond acceptors (Lipinski definition) is 6. The maximum Gasteiger partial charge on any atom is 0.326 e. The highest BCUT2D eigenvalue weighted by Gasteiger charge is 2.24. The molecule has 1 aromatic carbocycles. The second kappa shape index (κ2) is 7.81. The van der Waals surface area contributed by atoms with E-state index in [0.717, 1.165) is 0 Å². The number of ether oxygens (including phenoxy) is 1. The number of hydrogen-bond donors (Lipinski definition) is 2. The van der Waals surface area contributed by atoms with Crippen LogP contribution in [0.25, 0.3) is 0 Å². The van der Waals surface area contributed by atoms with Crippen LogP contribution in [0.15, 0.2) is 18.2 Å². The summed E-state index contributed by atoms with van der Waals surface area (Å²) in [5.41, 5.74) is -0.520. The number of nitrogens with zero attached hydrogens (tertiary/aromatic N) is 2. The fourth-order valence-electron chi connectivity index (χ4n) is 1.82. The second-order valence-electron chi connectivity index (χ2n) is 4.24. The van der Waals surface area contributed by atoms with Crippen molar-refractivity contribution in [3.63, 3.8) is 0 Å². The van der Waals surface area contributed by atoms with Gasteiger partial charge in [-0.2, -0.15) is 5.26 Å². The van der Waals surface area contributed by atoms with Gasteiger partial charge in [-0.25, -0.2) is 4.79 Å². The van der Waals surface area contributed by atoms with Crippen LogP contribution in [0, 0.1) is 21.4 Å². The number of nitriles is 1. The fraction of sp³-hybridized carbons (Fsp3) is 0.385. The van der Waals surface area contributed by atoms with Crippen LogP contribution in [-0.2, 0) is 9.53 Å². The molecule has 1 atom stereocenters. The van der Waals surface area contributed by atoms with Gasteiger partial charge in [0.2, 0.25) is 0 Å². The molecule has 0 aromatic heterocycles. The van der Waals surface area contributed by atoms with E-state index >= 15 is 0 Å². The van der Waals surface area contributed by atoms with Gasteiger partial charge in [-0.15, -0.1) is 0 Å². The lowest BCUT2D eigenvalue weighted by Gasteiger charge is -2.15. The van der Waals surface area contributed by atoms with Gasteiger partial charge >= 0.3 is 11.7 Å². The highest BCUT2D eigenvalue weighted by Crippen LogP contribution is 2.29. The van der Waals surface area contributed by atoms with E-state index in [-0.39, 0.29) is 17.7 Å². The van der Waals surface area contributed by atoms with Crippen molar-refractivity contribution in [3.8, 4) is 6.07 Å². The molecule has 8 heteroatoms. The van der Waals surface area contributed by atoms with Crippen molar-refractivity contribution >= 4 is 17.3 Å². The van der Waals surface area contributed by atoms with Crippen LogP contribution in [0.2, 0.25) is 0 Å². The van der Waals surface area contributed by atoms with Gasteiger partial charge in [-0.3, -0.25) is 10.1 Å². The SMILES string of the molecule is COCCCC(Nc1cccc(C#N)c1[N+](=O)[O-])C(=O)O. The molecular weight excluding hydrogens is 278 g/mol. The van der Waals surface area contributed by atoms with E-state index in [2.05, 4.69) is 5.32 Å². The first-order valence-electron chi connectivity index (χ1n) is 6.17. The number of benzene rings is 1. The van der Waals surface area contributed by atoms with Crippen LogP contribution in [0.4, 0.5) is 11.4 Å². The molecule has 0 saturated heterocycles. The van der Waals surface area contributed by atoms with E-state index in [4.69, 9.17) is 15.1 Å². The molecule has 2 N–H and O–H groups in total. The van der Waals surface area contributed by atoms with E-state index in [1.54, 1.807) is 6.07 Å². The normalized spacial score (nSPS) is 11.4. The molecule has 0 aliphatic carbocycles. The summed E-state index contributed by atoms with van der Waals surface area (Å²) in [6.07, 6.45) is 0.739. The van der Waals surface area contributed by atoms with E-state index in [1.165, 1.54) is 25.3 Å². The van der Waals surface area contributed by atoms with Gasteiger partial charge < -0.3 is 15.2 Å². The van der Waals surface area contributed by atoms with Crippen molar-refractivity contribution in [3.05, 3.63) is 33.9 Å². The Hall–Kier alpha value is -2.66. The Morgan fingerprint density at radius 1 is 1.62 bits per heavy atom. The predicted molar refractivity (Wildman–Crippen MR) is 74.0 cm³/mol. The third kappa shape index (κ3) is 4.43. The molecule has 0 bridgehead atoms. The minimum Gasteiger partial charge on any atom is -0.480 e. The summed E-state index contributed by atoms with van der Waals surface area (Å²) in [6, 6.07) is 4.88. The van der Waals surface area contributed by atoms with Crippen molar-refractivity contribution < 1.29 is 19.6 Å². The lowest BCUT2D eigenvalue weighted by Crippen LogP contribution is -2.29. The summed E-state index contributed by atoms with van der Waals surface area (Å²) < 4.78 is 4.85. The number of methoxy groups -OCH3 is 1. The number of carboxylic acids is 1. The molecule has 21 heavy (non-hydrogen) atoms. The summed E-state index contributed by atoms with van der Waals surface area (Å²) >= 11 is 0. The highest BCUT2D eigenvalue weighted by atomic mass is 16.6. The average molecular weight is 293 g/mol. The zero-order chi connectivity index (χ0) is 15.8. The molecule has 0 radical (unpaired) electrons. The Morgan fingerprint density at radius 3 is 2.86 bits per heavy atom. The molecule has 0 saturated carbocycles. The van der Waals surface area contributed by atoms with Gasteiger partial charge in [0.15, 0.2) is 0 Å².